The van der Waals surface area contributed by atoms with Gasteiger partial charge in [0.25, 0.3) is 0 Å². The number of aromatic hydroxyl groups is 2. The van der Waals surface area contributed by atoms with Gasteiger partial charge in [0.15, 0.2) is 0 Å². The zero-order valence-corrected chi connectivity index (χ0v) is 14.6. The van der Waals surface area contributed by atoms with Crippen LogP contribution >= 0.6 is 0 Å². The molecule has 0 amide bonds. The van der Waals surface area contributed by atoms with E-state index < -0.39 is 0 Å². The number of fused-ring (bicyclic) bond motifs is 3. The minimum Gasteiger partial charge on any atom is -0.508 e. The Balaban J connectivity index is 1.79. The fourth-order valence-electron chi connectivity index (χ4n) is 3.81. The monoisotopic (exact) mass is 351 g/mol. The number of hydrogen-bond donors (Lipinski definition) is 2. The van der Waals surface area contributed by atoms with Crippen molar-refractivity contribution >= 4 is 0 Å². The Kier molecular flexibility index (Phi) is 3.47. The van der Waals surface area contributed by atoms with Gasteiger partial charge in [-0.25, -0.2) is 4.98 Å². The second-order valence-electron chi connectivity index (χ2n) is 6.82. The number of phenolic OH excluding ortho intramolecular Hbond substituents is 2. The molecule has 0 unspecified atom stereocenters. The summed E-state index contributed by atoms with van der Waals surface area (Å²) in [6.07, 6.45) is 0.823. The molecule has 2 N–H and O–H groups in total. The maximum atomic E-state index is 9.97. The molecule has 3 nitrogen and oxygen atoms in total. The maximum Gasteiger partial charge on any atom is 0.116 e. The van der Waals surface area contributed by atoms with E-state index in [0.717, 1.165) is 40.1 Å². The van der Waals surface area contributed by atoms with Crippen molar-refractivity contribution in [1.82, 2.24) is 4.98 Å². The number of rotatable bonds is 2. The third kappa shape index (κ3) is 2.64. The average Bonchev–Trinajstić information content (AvgIpc) is 3.06. The van der Waals surface area contributed by atoms with Crippen LogP contribution in [0.15, 0.2) is 78.9 Å². The van der Waals surface area contributed by atoms with Gasteiger partial charge in [0, 0.05) is 17.5 Å². The van der Waals surface area contributed by atoms with Crippen molar-refractivity contribution in [3.8, 4) is 45.1 Å². The van der Waals surface area contributed by atoms with Crippen LogP contribution in [-0.4, -0.2) is 15.2 Å². The molecule has 4 aromatic rings. The number of nitrogens with zero attached hydrogens (tertiary/aromatic N) is 1. The van der Waals surface area contributed by atoms with Crippen LogP contribution in [0.4, 0.5) is 0 Å². The maximum absolute atomic E-state index is 9.97. The zero-order chi connectivity index (χ0) is 18.4. The smallest absolute Gasteiger partial charge is 0.116 e. The Morgan fingerprint density at radius 3 is 2.15 bits per heavy atom. The molecule has 0 radical (unpaired) electrons. The molecule has 0 saturated heterocycles. The SMILES string of the molecule is Oc1cccc(-c2cc(-c3cccc(O)c3)c3c(n2)-c2ccccc2C3)c1. The molecule has 0 aliphatic heterocycles. The minimum atomic E-state index is 0.217. The Labute approximate surface area is 157 Å². The lowest BCUT2D eigenvalue weighted by molar-refractivity contribution is 0.475. The van der Waals surface area contributed by atoms with E-state index in [1.54, 1.807) is 24.3 Å². The molecule has 0 atom stereocenters. The summed E-state index contributed by atoms with van der Waals surface area (Å²) in [5.74, 6) is 0.460. The van der Waals surface area contributed by atoms with Crippen molar-refractivity contribution in [2.75, 3.05) is 0 Å². The predicted octanol–water partition coefficient (Wildman–Crippen LogP) is 5.40. The van der Waals surface area contributed by atoms with Crippen LogP contribution in [0.5, 0.6) is 11.5 Å². The molecular weight excluding hydrogens is 334 g/mol. The van der Waals surface area contributed by atoms with E-state index in [0.29, 0.717) is 0 Å². The van der Waals surface area contributed by atoms with Crippen LogP contribution in [0.2, 0.25) is 0 Å². The summed E-state index contributed by atoms with van der Waals surface area (Å²) in [6, 6.07) is 24.8. The third-order valence-electron chi connectivity index (χ3n) is 5.06. The minimum absolute atomic E-state index is 0.217. The highest BCUT2D eigenvalue weighted by Gasteiger charge is 2.24. The molecule has 0 bridgehead atoms. The van der Waals surface area contributed by atoms with Crippen molar-refractivity contribution in [2.45, 2.75) is 6.42 Å². The van der Waals surface area contributed by atoms with E-state index in [4.69, 9.17) is 4.98 Å². The van der Waals surface area contributed by atoms with Crippen LogP contribution in [0.1, 0.15) is 11.1 Å². The number of hydrogen-bond acceptors (Lipinski definition) is 3. The van der Waals surface area contributed by atoms with Crippen molar-refractivity contribution in [3.05, 3.63) is 90.0 Å². The third-order valence-corrected chi connectivity index (χ3v) is 5.06. The van der Waals surface area contributed by atoms with Crippen LogP contribution < -0.4 is 0 Å². The van der Waals surface area contributed by atoms with E-state index in [1.807, 2.05) is 36.4 Å². The second kappa shape index (κ2) is 5.99. The van der Waals surface area contributed by atoms with Crippen molar-refractivity contribution in [3.63, 3.8) is 0 Å². The number of phenols is 2. The predicted molar refractivity (Wildman–Crippen MR) is 107 cm³/mol. The first-order valence-corrected chi connectivity index (χ1v) is 8.90. The molecule has 0 saturated carbocycles. The van der Waals surface area contributed by atoms with Crippen LogP contribution in [0.3, 0.4) is 0 Å². The standard InChI is InChI=1S/C24H17NO2/c26-18-8-3-6-15(11-18)21-14-23(17-7-4-9-19(27)12-17)25-24-20-10-2-1-5-16(20)13-22(21)24/h1-12,14,26-27H,13H2. The Hall–Kier alpha value is -3.59. The highest BCUT2D eigenvalue weighted by Crippen LogP contribution is 2.42. The molecular formula is C24H17NO2. The van der Waals surface area contributed by atoms with Crippen LogP contribution in [-0.2, 0) is 6.42 Å². The number of benzene rings is 3. The molecule has 27 heavy (non-hydrogen) atoms. The lowest BCUT2D eigenvalue weighted by Gasteiger charge is -2.13. The molecule has 1 aliphatic carbocycles. The summed E-state index contributed by atoms with van der Waals surface area (Å²) < 4.78 is 0. The summed E-state index contributed by atoms with van der Waals surface area (Å²) in [4.78, 5) is 4.94. The van der Waals surface area contributed by atoms with Gasteiger partial charge in [-0.3, -0.25) is 0 Å². The van der Waals surface area contributed by atoms with Gasteiger partial charge in [-0.1, -0.05) is 48.5 Å². The molecule has 1 aliphatic rings. The van der Waals surface area contributed by atoms with Gasteiger partial charge in [-0.05, 0) is 52.6 Å². The summed E-state index contributed by atoms with van der Waals surface area (Å²) >= 11 is 0. The van der Waals surface area contributed by atoms with Gasteiger partial charge < -0.3 is 10.2 Å². The first-order chi connectivity index (χ1) is 13.2. The van der Waals surface area contributed by atoms with Gasteiger partial charge in [-0.2, -0.15) is 0 Å². The van der Waals surface area contributed by atoms with Gasteiger partial charge in [0.2, 0.25) is 0 Å². The number of aromatic nitrogens is 1. The summed E-state index contributed by atoms with van der Waals surface area (Å²) in [6.45, 7) is 0. The van der Waals surface area contributed by atoms with E-state index in [-0.39, 0.29) is 11.5 Å². The van der Waals surface area contributed by atoms with E-state index in [9.17, 15) is 10.2 Å². The van der Waals surface area contributed by atoms with Gasteiger partial charge in [0.05, 0.1) is 11.4 Å². The fraction of sp³-hybridized carbons (Fsp3) is 0.0417. The molecule has 3 heteroatoms. The van der Waals surface area contributed by atoms with Gasteiger partial charge in [0.1, 0.15) is 11.5 Å². The molecule has 5 rings (SSSR count). The van der Waals surface area contributed by atoms with Crippen molar-refractivity contribution in [1.29, 1.82) is 0 Å². The first-order valence-electron chi connectivity index (χ1n) is 8.90. The summed E-state index contributed by atoms with van der Waals surface area (Å²) in [5, 5.41) is 19.9. The first kappa shape index (κ1) is 15.6. The Morgan fingerprint density at radius 2 is 1.37 bits per heavy atom. The number of pyridine rings is 1. The topological polar surface area (TPSA) is 53.4 Å². The summed E-state index contributed by atoms with van der Waals surface area (Å²) in [7, 11) is 0. The highest BCUT2D eigenvalue weighted by atomic mass is 16.3. The second-order valence-corrected chi connectivity index (χ2v) is 6.82. The normalized spacial score (nSPS) is 11.9. The lowest BCUT2D eigenvalue weighted by Crippen LogP contribution is -1.94. The Morgan fingerprint density at radius 1 is 0.667 bits per heavy atom. The van der Waals surface area contributed by atoms with Crippen LogP contribution in [0.25, 0.3) is 33.6 Å². The summed E-state index contributed by atoms with van der Waals surface area (Å²) in [5.41, 5.74) is 8.25. The fourth-order valence-corrected chi connectivity index (χ4v) is 3.81. The zero-order valence-electron chi connectivity index (χ0n) is 14.6. The molecule has 0 spiro atoms. The van der Waals surface area contributed by atoms with E-state index >= 15 is 0 Å². The molecule has 1 aromatic heterocycles. The molecule has 1 heterocycles. The highest BCUT2D eigenvalue weighted by molar-refractivity contribution is 5.86. The van der Waals surface area contributed by atoms with Gasteiger partial charge in [-0.15, -0.1) is 0 Å². The van der Waals surface area contributed by atoms with Crippen LogP contribution in [0, 0.1) is 0 Å². The van der Waals surface area contributed by atoms with E-state index in [1.165, 1.54) is 11.1 Å². The largest absolute Gasteiger partial charge is 0.508 e. The Bertz CT molecular complexity index is 1180. The van der Waals surface area contributed by atoms with Gasteiger partial charge >= 0.3 is 0 Å². The van der Waals surface area contributed by atoms with Crippen molar-refractivity contribution < 1.29 is 10.2 Å². The average molecular weight is 351 g/mol. The van der Waals surface area contributed by atoms with E-state index in [2.05, 4.69) is 18.2 Å². The lowest BCUT2D eigenvalue weighted by atomic mass is 9.96. The molecule has 0 fully saturated rings. The molecule has 130 valence electrons. The molecule has 3 aromatic carbocycles. The quantitative estimate of drug-likeness (QED) is 0.448. The van der Waals surface area contributed by atoms with Crippen molar-refractivity contribution in [2.24, 2.45) is 0 Å².